The maximum Gasteiger partial charge on any atom is 0.238 e. The summed E-state index contributed by atoms with van der Waals surface area (Å²) in [7, 11) is 0. The summed E-state index contributed by atoms with van der Waals surface area (Å²) in [6.07, 6.45) is 1.89. The second-order valence-electron chi connectivity index (χ2n) is 4.78. The average Bonchev–Trinajstić information content (AvgIpc) is 2.49. The third-order valence-corrected chi connectivity index (χ3v) is 3.86. The van der Waals surface area contributed by atoms with Gasteiger partial charge in [0.1, 0.15) is 5.41 Å². The van der Waals surface area contributed by atoms with Crippen LogP contribution < -0.4 is 11.1 Å². The van der Waals surface area contributed by atoms with Gasteiger partial charge in [-0.15, -0.1) is 0 Å². The Kier molecular flexibility index (Phi) is 5.55. The molecule has 0 aliphatic carbocycles. The van der Waals surface area contributed by atoms with Gasteiger partial charge in [0.15, 0.2) is 5.84 Å². The van der Waals surface area contributed by atoms with Gasteiger partial charge >= 0.3 is 0 Å². The minimum atomic E-state index is -0.974. The maximum atomic E-state index is 12.5. The highest BCUT2D eigenvalue weighted by molar-refractivity contribution is 6.11. The molecule has 0 fully saturated rings. The molecule has 0 aliphatic heterocycles. The van der Waals surface area contributed by atoms with Crippen molar-refractivity contribution in [3.8, 4) is 0 Å². The van der Waals surface area contributed by atoms with Crippen molar-refractivity contribution in [1.29, 1.82) is 0 Å². The fourth-order valence-corrected chi connectivity index (χ4v) is 2.22. The monoisotopic (exact) mass is 277 g/mol. The van der Waals surface area contributed by atoms with Gasteiger partial charge in [0.05, 0.1) is 0 Å². The normalized spacial score (nSPS) is 12.2. The second-order valence-corrected chi connectivity index (χ2v) is 4.78. The molecule has 1 rings (SSSR count). The van der Waals surface area contributed by atoms with Crippen LogP contribution in [0.4, 0.5) is 5.69 Å². The molecule has 5 nitrogen and oxygen atoms in total. The largest absolute Gasteiger partial charge is 0.409 e. The number of amidine groups is 1. The lowest BCUT2D eigenvalue weighted by atomic mass is 9.80. The first-order valence-corrected chi connectivity index (χ1v) is 6.92. The number of carbonyl (C=O) groups excluding carboxylic acids is 1. The molecule has 110 valence electrons. The first kappa shape index (κ1) is 16.0. The van der Waals surface area contributed by atoms with E-state index in [1.54, 1.807) is 0 Å². The van der Waals surface area contributed by atoms with E-state index < -0.39 is 5.41 Å². The van der Waals surface area contributed by atoms with Gasteiger partial charge in [-0.1, -0.05) is 38.1 Å². The summed E-state index contributed by atoms with van der Waals surface area (Å²) < 4.78 is 0. The predicted octanol–water partition coefficient (Wildman–Crippen LogP) is 2.74. The summed E-state index contributed by atoms with van der Waals surface area (Å²) in [5.74, 6) is -0.299. The zero-order chi connectivity index (χ0) is 15.2. The van der Waals surface area contributed by atoms with Crippen LogP contribution in [0, 0.1) is 5.41 Å². The van der Waals surface area contributed by atoms with Crippen LogP contribution in [0.25, 0.3) is 0 Å². The number of benzene rings is 1. The number of rotatable bonds is 6. The summed E-state index contributed by atoms with van der Waals surface area (Å²) in [4.78, 5) is 12.5. The SMILES string of the molecule is CCc1ccc(NC(=O)C(CC)(CC)C(N)=NO)cc1. The number of hydrogen-bond acceptors (Lipinski definition) is 3. The summed E-state index contributed by atoms with van der Waals surface area (Å²) in [5.41, 5.74) is 6.66. The Morgan fingerprint density at radius 3 is 2.20 bits per heavy atom. The van der Waals surface area contributed by atoms with Crippen molar-refractivity contribution in [3.63, 3.8) is 0 Å². The molecule has 0 radical (unpaired) electrons. The van der Waals surface area contributed by atoms with Crippen molar-refractivity contribution in [3.05, 3.63) is 29.8 Å². The van der Waals surface area contributed by atoms with Crippen molar-refractivity contribution in [2.75, 3.05) is 5.32 Å². The van der Waals surface area contributed by atoms with E-state index in [0.717, 1.165) is 6.42 Å². The molecule has 0 saturated carbocycles. The van der Waals surface area contributed by atoms with E-state index in [0.29, 0.717) is 18.5 Å². The van der Waals surface area contributed by atoms with Crippen LogP contribution in [0.5, 0.6) is 0 Å². The minimum absolute atomic E-state index is 0.0508. The molecule has 0 bridgehead atoms. The Balaban J connectivity index is 2.96. The lowest BCUT2D eigenvalue weighted by molar-refractivity contribution is -0.122. The summed E-state index contributed by atoms with van der Waals surface area (Å²) >= 11 is 0. The van der Waals surface area contributed by atoms with E-state index in [-0.39, 0.29) is 11.7 Å². The number of anilines is 1. The van der Waals surface area contributed by atoms with Gasteiger partial charge in [-0.2, -0.15) is 0 Å². The highest BCUT2D eigenvalue weighted by Crippen LogP contribution is 2.28. The quantitative estimate of drug-likeness (QED) is 0.323. The molecular formula is C15H23N3O2. The van der Waals surface area contributed by atoms with Gasteiger partial charge in [-0.25, -0.2) is 0 Å². The zero-order valence-electron chi connectivity index (χ0n) is 12.3. The van der Waals surface area contributed by atoms with Gasteiger partial charge < -0.3 is 16.3 Å². The van der Waals surface area contributed by atoms with Crippen LogP contribution in [-0.4, -0.2) is 17.0 Å². The minimum Gasteiger partial charge on any atom is -0.409 e. The number of amides is 1. The molecule has 4 N–H and O–H groups in total. The van der Waals surface area contributed by atoms with E-state index in [1.807, 2.05) is 38.1 Å². The molecule has 0 aliphatic rings. The lowest BCUT2D eigenvalue weighted by Gasteiger charge is -2.28. The van der Waals surface area contributed by atoms with Gasteiger partial charge in [-0.3, -0.25) is 4.79 Å². The molecule has 1 aromatic rings. The summed E-state index contributed by atoms with van der Waals surface area (Å²) in [6.45, 7) is 5.77. The Bertz CT molecular complexity index is 476. The lowest BCUT2D eigenvalue weighted by Crippen LogP contribution is -2.46. The van der Waals surface area contributed by atoms with Crippen molar-refractivity contribution >= 4 is 17.4 Å². The van der Waals surface area contributed by atoms with Crippen LogP contribution in [0.15, 0.2) is 29.4 Å². The van der Waals surface area contributed by atoms with Crippen LogP contribution in [0.3, 0.4) is 0 Å². The smallest absolute Gasteiger partial charge is 0.238 e. The number of oxime groups is 1. The summed E-state index contributed by atoms with van der Waals surface area (Å²) in [6, 6.07) is 7.66. The van der Waals surface area contributed by atoms with Crippen LogP contribution in [0.1, 0.15) is 39.2 Å². The third kappa shape index (κ3) is 3.10. The fraction of sp³-hybridized carbons (Fsp3) is 0.467. The average molecular weight is 277 g/mol. The Morgan fingerprint density at radius 2 is 1.80 bits per heavy atom. The Hall–Kier alpha value is -2.04. The van der Waals surface area contributed by atoms with Crippen molar-refractivity contribution in [1.82, 2.24) is 0 Å². The van der Waals surface area contributed by atoms with E-state index in [1.165, 1.54) is 5.56 Å². The Morgan fingerprint density at radius 1 is 1.25 bits per heavy atom. The molecule has 0 atom stereocenters. The molecule has 0 unspecified atom stereocenters. The Labute approximate surface area is 119 Å². The maximum absolute atomic E-state index is 12.5. The number of nitrogens with one attached hydrogen (secondary N) is 1. The third-order valence-electron chi connectivity index (χ3n) is 3.86. The van der Waals surface area contributed by atoms with Crippen LogP contribution in [0.2, 0.25) is 0 Å². The topological polar surface area (TPSA) is 87.7 Å². The fourth-order valence-electron chi connectivity index (χ4n) is 2.22. The highest BCUT2D eigenvalue weighted by Gasteiger charge is 2.39. The van der Waals surface area contributed by atoms with E-state index >= 15 is 0 Å². The number of nitrogens with zero attached hydrogens (tertiary/aromatic N) is 1. The highest BCUT2D eigenvalue weighted by atomic mass is 16.4. The summed E-state index contributed by atoms with van der Waals surface area (Å²) in [5, 5.41) is 14.8. The number of aryl methyl sites for hydroxylation is 1. The van der Waals surface area contributed by atoms with Crippen molar-refractivity contribution < 1.29 is 10.0 Å². The van der Waals surface area contributed by atoms with Gasteiger partial charge in [0.2, 0.25) is 5.91 Å². The molecule has 0 aromatic heterocycles. The molecule has 20 heavy (non-hydrogen) atoms. The molecule has 1 amide bonds. The van der Waals surface area contributed by atoms with E-state index in [9.17, 15) is 4.79 Å². The number of carbonyl (C=O) groups is 1. The standard InChI is InChI=1S/C15H23N3O2/c1-4-11-7-9-12(10-8-11)17-14(19)15(5-2,6-3)13(16)18-20/h7-10,20H,4-6H2,1-3H3,(H2,16,18)(H,17,19). The van der Waals surface area contributed by atoms with Crippen LogP contribution >= 0.6 is 0 Å². The first-order valence-electron chi connectivity index (χ1n) is 6.92. The number of hydrogen-bond donors (Lipinski definition) is 3. The molecule has 1 aromatic carbocycles. The van der Waals surface area contributed by atoms with Gasteiger partial charge in [-0.05, 0) is 37.0 Å². The molecular weight excluding hydrogens is 254 g/mol. The molecule has 0 saturated heterocycles. The van der Waals surface area contributed by atoms with E-state index in [2.05, 4.69) is 17.4 Å². The number of nitrogens with two attached hydrogens (primary N) is 1. The molecule has 0 spiro atoms. The van der Waals surface area contributed by atoms with Gasteiger partial charge in [0, 0.05) is 5.69 Å². The van der Waals surface area contributed by atoms with Crippen molar-refractivity contribution in [2.45, 2.75) is 40.0 Å². The van der Waals surface area contributed by atoms with Crippen molar-refractivity contribution in [2.24, 2.45) is 16.3 Å². The zero-order valence-corrected chi connectivity index (χ0v) is 12.3. The first-order chi connectivity index (χ1) is 9.53. The molecule has 0 heterocycles. The predicted molar refractivity (Wildman–Crippen MR) is 80.9 cm³/mol. The molecule has 5 heteroatoms. The second kappa shape index (κ2) is 6.93. The van der Waals surface area contributed by atoms with Crippen LogP contribution in [-0.2, 0) is 11.2 Å². The van der Waals surface area contributed by atoms with E-state index in [4.69, 9.17) is 10.9 Å². The van der Waals surface area contributed by atoms with Gasteiger partial charge in [0.25, 0.3) is 0 Å².